The van der Waals surface area contributed by atoms with E-state index >= 15 is 0 Å². The van der Waals surface area contributed by atoms with Gasteiger partial charge >= 0.3 is 0 Å². The normalized spacial score (nSPS) is 18.5. The van der Waals surface area contributed by atoms with Crippen molar-refractivity contribution in [3.05, 3.63) is 28.2 Å². The predicted octanol–water partition coefficient (Wildman–Crippen LogP) is 3.89. The van der Waals surface area contributed by atoms with E-state index in [0.717, 1.165) is 5.01 Å². The maximum Gasteiger partial charge on any atom is 0.289 e. The van der Waals surface area contributed by atoms with Crippen molar-refractivity contribution in [2.24, 2.45) is 5.10 Å². The zero-order valence-corrected chi connectivity index (χ0v) is 11.6. The van der Waals surface area contributed by atoms with E-state index in [2.05, 4.69) is 5.10 Å². The van der Waals surface area contributed by atoms with Gasteiger partial charge in [0, 0.05) is 5.02 Å². The molecule has 1 aromatic rings. The summed E-state index contributed by atoms with van der Waals surface area (Å²) in [7, 11) is 0. The molecule has 1 aromatic carbocycles. The van der Waals surface area contributed by atoms with Gasteiger partial charge < -0.3 is 0 Å². The van der Waals surface area contributed by atoms with Gasteiger partial charge in [-0.2, -0.15) is 10.1 Å². The first kappa shape index (κ1) is 13.0. The Morgan fingerprint density at radius 3 is 2.41 bits per heavy atom. The highest BCUT2D eigenvalue weighted by Crippen LogP contribution is 2.37. The van der Waals surface area contributed by atoms with Crippen LogP contribution in [0.1, 0.15) is 6.92 Å². The van der Waals surface area contributed by atoms with Crippen LogP contribution in [-0.2, 0) is 4.79 Å². The van der Waals surface area contributed by atoms with E-state index in [4.69, 9.17) is 46.4 Å². The summed E-state index contributed by atoms with van der Waals surface area (Å²) in [6.07, 6.45) is 0. The molecular formula is C10H6Cl4N2O. The van der Waals surface area contributed by atoms with Crippen LogP contribution >= 0.6 is 46.4 Å². The fourth-order valence-electron chi connectivity index (χ4n) is 1.36. The maximum atomic E-state index is 11.9. The molecule has 0 aliphatic carbocycles. The number of anilines is 1. The van der Waals surface area contributed by atoms with E-state index in [1.54, 1.807) is 19.1 Å². The van der Waals surface area contributed by atoms with Gasteiger partial charge in [-0.15, -0.1) is 0 Å². The first-order valence-electron chi connectivity index (χ1n) is 4.57. The van der Waals surface area contributed by atoms with Gasteiger partial charge in [-0.3, -0.25) is 4.79 Å². The molecule has 0 saturated carbocycles. The predicted molar refractivity (Wildman–Crippen MR) is 71.5 cm³/mol. The average Bonchev–Trinajstić information content (AvgIpc) is 2.43. The van der Waals surface area contributed by atoms with Gasteiger partial charge in [0.1, 0.15) is 0 Å². The zero-order valence-electron chi connectivity index (χ0n) is 8.55. The molecule has 0 saturated heterocycles. The number of halogens is 4. The second kappa shape index (κ2) is 4.32. The number of hydrazone groups is 1. The third-order valence-electron chi connectivity index (χ3n) is 2.30. The lowest BCUT2D eigenvalue weighted by molar-refractivity contribution is -0.117. The van der Waals surface area contributed by atoms with Gasteiger partial charge in [0.05, 0.1) is 16.4 Å². The highest BCUT2D eigenvalue weighted by atomic mass is 35.5. The van der Waals surface area contributed by atoms with Crippen LogP contribution in [0.4, 0.5) is 5.69 Å². The molecule has 7 heteroatoms. The molecular weight excluding hydrogens is 306 g/mol. The van der Waals surface area contributed by atoms with E-state index in [-0.39, 0.29) is 0 Å². The van der Waals surface area contributed by atoms with Gasteiger partial charge in [0.2, 0.25) is 4.33 Å². The number of hydrogen-bond donors (Lipinski definition) is 0. The zero-order chi connectivity index (χ0) is 12.8. The molecule has 0 bridgehead atoms. The molecule has 0 unspecified atom stereocenters. The van der Waals surface area contributed by atoms with Gasteiger partial charge in [-0.1, -0.05) is 46.4 Å². The Kier molecular flexibility index (Phi) is 3.29. The molecule has 17 heavy (non-hydrogen) atoms. The molecule has 0 fully saturated rings. The van der Waals surface area contributed by atoms with Crippen LogP contribution in [0.3, 0.4) is 0 Å². The lowest BCUT2D eigenvalue weighted by Crippen LogP contribution is -2.35. The van der Waals surface area contributed by atoms with Crippen molar-refractivity contribution in [1.82, 2.24) is 0 Å². The minimum absolute atomic E-state index is 0.299. The third-order valence-corrected chi connectivity index (χ3v) is 3.71. The lowest BCUT2D eigenvalue weighted by atomic mass is 10.2. The number of alkyl halides is 2. The first-order chi connectivity index (χ1) is 7.84. The molecule has 0 spiro atoms. The van der Waals surface area contributed by atoms with Crippen LogP contribution in [0.25, 0.3) is 0 Å². The fourth-order valence-corrected chi connectivity index (χ4v) is 2.09. The summed E-state index contributed by atoms with van der Waals surface area (Å²) in [5.41, 5.74) is 0.695. The van der Waals surface area contributed by atoms with Gasteiger partial charge in [0.15, 0.2) is 0 Å². The molecule has 0 N–H and O–H groups in total. The van der Waals surface area contributed by atoms with Crippen molar-refractivity contribution >= 4 is 63.7 Å². The Morgan fingerprint density at radius 2 is 1.94 bits per heavy atom. The van der Waals surface area contributed by atoms with Crippen molar-refractivity contribution in [3.63, 3.8) is 0 Å². The quantitative estimate of drug-likeness (QED) is 0.724. The minimum atomic E-state index is -1.64. The summed E-state index contributed by atoms with van der Waals surface area (Å²) in [6.45, 7) is 1.57. The molecule has 1 aliphatic rings. The van der Waals surface area contributed by atoms with E-state index in [1.165, 1.54) is 6.07 Å². The molecule has 3 nitrogen and oxygen atoms in total. The van der Waals surface area contributed by atoms with E-state index < -0.39 is 10.2 Å². The van der Waals surface area contributed by atoms with E-state index in [1.807, 2.05) is 0 Å². The summed E-state index contributed by atoms with van der Waals surface area (Å²) in [6, 6.07) is 4.69. The van der Waals surface area contributed by atoms with Gasteiger partial charge in [-0.25, -0.2) is 0 Å². The van der Waals surface area contributed by atoms with Gasteiger partial charge in [-0.05, 0) is 25.1 Å². The molecule has 0 aromatic heterocycles. The topological polar surface area (TPSA) is 32.7 Å². The maximum absolute atomic E-state index is 11.9. The molecule has 1 amide bonds. The lowest BCUT2D eigenvalue weighted by Gasteiger charge is -2.16. The second-order valence-corrected chi connectivity index (χ2v) is 5.64. The Labute approximate surface area is 118 Å². The minimum Gasteiger partial charge on any atom is -0.269 e. The van der Waals surface area contributed by atoms with Crippen molar-refractivity contribution in [2.45, 2.75) is 11.3 Å². The van der Waals surface area contributed by atoms with Crippen LogP contribution in [-0.4, -0.2) is 16.0 Å². The Balaban J connectivity index is 2.47. The van der Waals surface area contributed by atoms with Crippen LogP contribution in [0.5, 0.6) is 0 Å². The second-order valence-electron chi connectivity index (χ2n) is 3.47. The summed E-state index contributed by atoms with van der Waals surface area (Å²) in [5.74, 6) is -0.553. The smallest absolute Gasteiger partial charge is 0.269 e. The number of rotatable bonds is 1. The summed E-state index contributed by atoms with van der Waals surface area (Å²) >= 11 is 23.5. The number of benzene rings is 1. The summed E-state index contributed by atoms with van der Waals surface area (Å²) < 4.78 is -1.64. The summed E-state index contributed by atoms with van der Waals surface area (Å²) in [4.78, 5) is 11.9. The van der Waals surface area contributed by atoms with Crippen molar-refractivity contribution < 1.29 is 4.79 Å². The first-order valence-corrected chi connectivity index (χ1v) is 6.08. The number of carbonyl (C=O) groups is 1. The van der Waals surface area contributed by atoms with Crippen LogP contribution in [0.15, 0.2) is 23.3 Å². The molecule has 90 valence electrons. The molecule has 1 heterocycles. The standard InChI is InChI=1S/C10H6Cl4N2O/c1-5-10(13,14)9(17)16(15-5)8-3-2-6(11)4-7(8)12/h2-4H,1H3. The Hall–Kier alpha value is -0.480. The molecule has 2 rings (SSSR count). The molecule has 1 aliphatic heterocycles. The van der Waals surface area contributed by atoms with E-state index in [0.29, 0.717) is 21.4 Å². The van der Waals surface area contributed by atoms with Crippen molar-refractivity contribution in [3.8, 4) is 0 Å². The number of hydrogen-bond acceptors (Lipinski definition) is 2. The van der Waals surface area contributed by atoms with Crippen LogP contribution in [0, 0.1) is 0 Å². The Morgan fingerprint density at radius 1 is 1.29 bits per heavy atom. The Bertz CT molecular complexity index is 527. The number of carbonyl (C=O) groups excluding carboxylic acids is 1. The van der Waals surface area contributed by atoms with Crippen LogP contribution < -0.4 is 5.01 Å². The largest absolute Gasteiger partial charge is 0.289 e. The van der Waals surface area contributed by atoms with Crippen LogP contribution in [0.2, 0.25) is 10.0 Å². The number of nitrogens with zero attached hydrogens (tertiary/aromatic N) is 2. The van der Waals surface area contributed by atoms with Gasteiger partial charge in [0.25, 0.3) is 5.91 Å². The molecule has 0 atom stereocenters. The monoisotopic (exact) mass is 310 g/mol. The van der Waals surface area contributed by atoms with Crippen molar-refractivity contribution in [1.29, 1.82) is 0 Å². The average molecular weight is 312 g/mol. The summed E-state index contributed by atoms with van der Waals surface area (Å²) in [5, 5.41) is 5.84. The fraction of sp³-hybridized carbons (Fsp3) is 0.200. The highest BCUT2D eigenvalue weighted by molar-refractivity contribution is 6.70. The molecule has 0 radical (unpaired) electrons. The SMILES string of the molecule is CC1=NN(c2ccc(Cl)cc2Cl)C(=O)C1(Cl)Cl. The highest BCUT2D eigenvalue weighted by Gasteiger charge is 2.47. The van der Waals surface area contributed by atoms with Crippen molar-refractivity contribution in [2.75, 3.05) is 5.01 Å². The number of amides is 1. The van der Waals surface area contributed by atoms with E-state index in [9.17, 15) is 4.79 Å². The third kappa shape index (κ3) is 2.13.